The van der Waals surface area contributed by atoms with Gasteiger partial charge in [-0.15, -0.1) is 0 Å². The molecular weight excluding hydrogens is 312 g/mol. The Balaban J connectivity index is 1.51. The number of hydrogen-bond donors (Lipinski definition) is 2. The van der Waals surface area contributed by atoms with E-state index < -0.39 is 11.5 Å². The van der Waals surface area contributed by atoms with Crippen LogP contribution in [-0.4, -0.2) is 35.5 Å². The molecule has 1 aromatic rings. The van der Waals surface area contributed by atoms with Crippen molar-refractivity contribution >= 4 is 5.91 Å². The lowest BCUT2D eigenvalue weighted by molar-refractivity contribution is -0.0925. The van der Waals surface area contributed by atoms with Crippen molar-refractivity contribution in [3.8, 4) is 0 Å². The summed E-state index contributed by atoms with van der Waals surface area (Å²) in [5.74, 6) is 0.945. The van der Waals surface area contributed by atoms with Gasteiger partial charge in [-0.2, -0.15) is 0 Å². The molecule has 1 heterocycles. The van der Waals surface area contributed by atoms with E-state index in [0.29, 0.717) is 5.56 Å². The first-order valence-electron chi connectivity index (χ1n) is 9.92. The number of carbonyl (C=O) groups is 1. The van der Waals surface area contributed by atoms with Crippen LogP contribution in [0.15, 0.2) is 24.3 Å². The molecule has 2 aliphatic carbocycles. The minimum Gasteiger partial charge on any atom is -0.384 e. The average Bonchev–Trinajstić information content (AvgIpc) is 2.81. The minimum absolute atomic E-state index is 0.262. The number of likely N-dealkylation sites (tertiary alicyclic amines) is 1. The van der Waals surface area contributed by atoms with Crippen LogP contribution in [0.25, 0.3) is 0 Å². The highest BCUT2D eigenvalue weighted by Crippen LogP contribution is 2.51. The standard InChI is InChI=1S/C21H30N2O2/c22-20(24)16-7-4-8-17(11-16)21(25)18-9-10-19(21)14-23(13-18)12-15-5-2-1-3-6-15/h4,7-8,11,15,18-19,25H,1-3,5-6,9-10,12-14H2,(H2,22,24). The third-order valence-electron chi connectivity index (χ3n) is 6.92. The predicted molar refractivity (Wildman–Crippen MR) is 98.1 cm³/mol. The summed E-state index contributed by atoms with van der Waals surface area (Å²) in [6.45, 7) is 3.15. The summed E-state index contributed by atoms with van der Waals surface area (Å²) in [6.07, 6.45) is 9.06. The maximum absolute atomic E-state index is 11.6. The molecule has 3 aliphatic rings. The predicted octanol–water partition coefficient (Wildman–Crippen LogP) is 2.90. The highest BCUT2D eigenvalue weighted by atomic mass is 16.3. The number of nitrogens with two attached hydrogens (primary N) is 1. The fourth-order valence-electron chi connectivity index (χ4n) is 5.61. The van der Waals surface area contributed by atoms with E-state index in [1.165, 1.54) is 38.6 Å². The Morgan fingerprint density at radius 1 is 1.12 bits per heavy atom. The van der Waals surface area contributed by atoms with Crippen LogP contribution in [0, 0.1) is 17.8 Å². The van der Waals surface area contributed by atoms with Gasteiger partial charge < -0.3 is 15.7 Å². The van der Waals surface area contributed by atoms with E-state index in [2.05, 4.69) is 4.90 Å². The van der Waals surface area contributed by atoms with Crippen molar-refractivity contribution in [3.05, 3.63) is 35.4 Å². The number of primary amides is 1. The summed E-state index contributed by atoms with van der Waals surface area (Å²) in [4.78, 5) is 14.1. The van der Waals surface area contributed by atoms with Gasteiger partial charge in [0.25, 0.3) is 0 Å². The van der Waals surface area contributed by atoms with Crippen molar-refractivity contribution < 1.29 is 9.90 Å². The molecule has 0 aromatic heterocycles. The number of rotatable bonds is 4. The van der Waals surface area contributed by atoms with Crippen LogP contribution in [0.3, 0.4) is 0 Å². The Morgan fingerprint density at radius 2 is 1.80 bits per heavy atom. The molecule has 2 unspecified atom stereocenters. The summed E-state index contributed by atoms with van der Waals surface area (Å²) >= 11 is 0. The van der Waals surface area contributed by atoms with Crippen LogP contribution in [0.5, 0.6) is 0 Å². The SMILES string of the molecule is NC(=O)c1cccc(C2(O)C3CCC2CN(CC2CCCCC2)C3)c1. The lowest BCUT2D eigenvalue weighted by Crippen LogP contribution is -2.52. The highest BCUT2D eigenvalue weighted by molar-refractivity contribution is 5.92. The van der Waals surface area contributed by atoms with Crippen molar-refractivity contribution in [2.45, 2.75) is 50.5 Å². The van der Waals surface area contributed by atoms with Crippen LogP contribution in [-0.2, 0) is 5.60 Å². The lowest BCUT2D eigenvalue weighted by atomic mass is 9.74. The topological polar surface area (TPSA) is 66.6 Å². The Bertz CT molecular complexity index is 625. The number of hydrogen-bond acceptors (Lipinski definition) is 3. The van der Waals surface area contributed by atoms with E-state index in [-0.39, 0.29) is 11.8 Å². The van der Waals surface area contributed by atoms with Gasteiger partial charge in [-0.1, -0.05) is 31.4 Å². The summed E-state index contributed by atoms with van der Waals surface area (Å²) in [5, 5.41) is 11.6. The van der Waals surface area contributed by atoms with E-state index in [9.17, 15) is 9.90 Å². The van der Waals surface area contributed by atoms with E-state index in [0.717, 1.165) is 37.4 Å². The van der Waals surface area contributed by atoms with Crippen molar-refractivity contribution in [3.63, 3.8) is 0 Å². The summed E-state index contributed by atoms with van der Waals surface area (Å²) in [6, 6.07) is 7.36. The number of carbonyl (C=O) groups excluding carboxylic acids is 1. The normalized spacial score (nSPS) is 33.5. The number of benzene rings is 1. The van der Waals surface area contributed by atoms with Crippen LogP contribution in [0.1, 0.15) is 60.9 Å². The molecule has 1 aromatic carbocycles. The molecular formula is C21H30N2O2. The molecule has 2 atom stereocenters. The number of fused-ring (bicyclic) bond motifs is 2. The van der Waals surface area contributed by atoms with Crippen molar-refractivity contribution in [1.82, 2.24) is 4.90 Å². The molecule has 3 N–H and O–H groups in total. The Kier molecular flexibility index (Phi) is 4.59. The summed E-state index contributed by atoms with van der Waals surface area (Å²) in [7, 11) is 0. The van der Waals surface area contributed by atoms with Crippen molar-refractivity contribution in [2.24, 2.45) is 23.5 Å². The molecule has 0 radical (unpaired) electrons. The van der Waals surface area contributed by atoms with Gasteiger partial charge in [0.2, 0.25) is 5.91 Å². The number of nitrogens with zero attached hydrogens (tertiary/aromatic N) is 1. The van der Waals surface area contributed by atoms with Crippen molar-refractivity contribution in [2.75, 3.05) is 19.6 Å². The summed E-state index contributed by atoms with van der Waals surface area (Å²) < 4.78 is 0. The second kappa shape index (κ2) is 6.73. The molecule has 1 saturated heterocycles. The van der Waals surface area contributed by atoms with Crippen LogP contribution in [0.2, 0.25) is 0 Å². The second-order valence-corrected chi connectivity index (χ2v) is 8.46. The monoisotopic (exact) mass is 342 g/mol. The van der Waals surface area contributed by atoms with Crippen molar-refractivity contribution in [1.29, 1.82) is 0 Å². The fraction of sp³-hybridized carbons (Fsp3) is 0.667. The second-order valence-electron chi connectivity index (χ2n) is 8.46. The zero-order chi connectivity index (χ0) is 17.4. The molecule has 1 amide bonds. The fourth-order valence-corrected chi connectivity index (χ4v) is 5.61. The Hall–Kier alpha value is -1.39. The highest BCUT2D eigenvalue weighted by Gasteiger charge is 2.53. The number of aliphatic hydroxyl groups is 1. The van der Waals surface area contributed by atoms with E-state index >= 15 is 0 Å². The number of amides is 1. The lowest BCUT2D eigenvalue weighted by Gasteiger charge is -2.46. The third-order valence-corrected chi connectivity index (χ3v) is 6.92. The molecule has 25 heavy (non-hydrogen) atoms. The maximum atomic E-state index is 11.6. The first-order chi connectivity index (χ1) is 12.1. The molecule has 1 aliphatic heterocycles. The summed E-state index contributed by atoms with van der Waals surface area (Å²) in [5.41, 5.74) is 6.02. The number of piperidine rings is 1. The third kappa shape index (κ3) is 3.11. The van der Waals surface area contributed by atoms with E-state index in [4.69, 9.17) is 5.73 Å². The molecule has 2 bridgehead atoms. The zero-order valence-electron chi connectivity index (χ0n) is 15.0. The van der Waals surface area contributed by atoms with Gasteiger partial charge in [-0.25, -0.2) is 0 Å². The Labute approximate surface area is 150 Å². The van der Waals surface area contributed by atoms with Gasteiger partial charge in [0.05, 0.1) is 5.60 Å². The van der Waals surface area contributed by atoms with Gasteiger partial charge in [0.15, 0.2) is 0 Å². The largest absolute Gasteiger partial charge is 0.384 e. The van der Waals surface area contributed by atoms with Gasteiger partial charge in [0.1, 0.15) is 0 Å². The minimum atomic E-state index is -0.797. The first kappa shape index (κ1) is 17.0. The Morgan fingerprint density at radius 3 is 2.44 bits per heavy atom. The van der Waals surface area contributed by atoms with Gasteiger partial charge >= 0.3 is 0 Å². The first-order valence-corrected chi connectivity index (χ1v) is 9.92. The smallest absolute Gasteiger partial charge is 0.248 e. The average molecular weight is 342 g/mol. The van der Waals surface area contributed by atoms with Gasteiger partial charge in [-0.05, 0) is 49.3 Å². The molecule has 0 spiro atoms. The molecule has 4 heteroatoms. The van der Waals surface area contributed by atoms with Crippen LogP contribution in [0.4, 0.5) is 0 Å². The van der Waals surface area contributed by atoms with Crippen LogP contribution < -0.4 is 5.73 Å². The van der Waals surface area contributed by atoms with Crippen LogP contribution >= 0.6 is 0 Å². The quantitative estimate of drug-likeness (QED) is 0.884. The van der Waals surface area contributed by atoms with E-state index in [1.54, 1.807) is 6.07 Å². The van der Waals surface area contributed by atoms with Gasteiger partial charge in [0, 0.05) is 37.0 Å². The maximum Gasteiger partial charge on any atom is 0.248 e. The zero-order valence-corrected chi connectivity index (χ0v) is 15.0. The molecule has 3 fully saturated rings. The molecule has 136 valence electrons. The molecule has 4 rings (SSSR count). The van der Waals surface area contributed by atoms with Gasteiger partial charge in [-0.3, -0.25) is 4.79 Å². The molecule has 4 nitrogen and oxygen atoms in total. The molecule has 2 saturated carbocycles. The van der Waals surface area contributed by atoms with E-state index in [1.807, 2.05) is 18.2 Å².